The van der Waals surface area contributed by atoms with Gasteiger partial charge in [-0.1, -0.05) is 24.0 Å². The fraction of sp³-hybridized carbons (Fsp3) is 0.0870. The largest absolute Gasteiger partial charge is 0.573 e. The zero-order chi connectivity index (χ0) is 22.6. The molecule has 3 rings (SSSR count). The highest BCUT2D eigenvalue weighted by Gasteiger charge is 2.30. The van der Waals surface area contributed by atoms with Gasteiger partial charge in [0.2, 0.25) is 0 Å². The van der Waals surface area contributed by atoms with E-state index in [4.69, 9.17) is 5.26 Å². The molecule has 0 aliphatic heterocycles. The summed E-state index contributed by atoms with van der Waals surface area (Å²) in [5.41, 5.74) is 2.78. The molecule has 0 N–H and O–H groups in total. The fourth-order valence-corrected chi connectivity index (χ4v) is 3.14. The summed E-state index contributed by atoms with van der Waals surface area (Å²) in [6, 6.07) is 12.5. The first-order valence-corrected chi connectivity index (χ1v) is 9.52. The number of hydrogen-bond donors (Lipinski definition) is 0. The van der Waals surface area contributed by atoms with Gasteiger partial charge in [-0.2, -0.15) is 5.26 Å². The number of nitriles is 1. The number of nitrogens with zero attached hydrogens (tertiary/aromatic N) is 1. The zero-order valence-electron chi connectivity index (χ0n) is 15.8. The second kappa shape index (κ2) is 9.11. The van der Waals surface area contributed by atoms with E-state index in [0.29, 0.717) is 34.0 Å². The predicted octanol–water partition coefficient (Wildman–Crippen LogP) is 6.81. The van der Waals surface area contributed by atoms with E-state index in [1.54, 1.807) is 30.5 Å². The van der Waals surface area contributed by atoms with Gasteiger partial charge in [0.05, 0.1) is 4.90 Å². The normalized spacial score (nSPS) is 10.7. The minimum absolute atomic E-state index is 0.320. The highest BCUT2D eigenvalue weighted by Crippen LogP contribution is 2.31. The molecule has 0 radical (unpaired) electrons. The number of hydrogen-bond acceptors (Lipinski definition) is 3. The number of benzene rings is 3. The van der Waals surface area contributed by atoms with Crippen LogP contribution in [-0.4, -0.2) is 6.36 Å². The highest BCUT2D eigenvalue weighted by molar-refractivity contribution is 8.03. The molecular weight excluding hydrogens is 433 g/mol. The van der Waals surface area contributed by atoms with Crippen LogP contribution in [0.2, 0.25) is 0 Å². The van der Waals surface area contributed by atoms with Gasteiger partial charge < -0.3 is 4.74 Å². The summed E-state index contributed by atoms with van der Waals surface area (Å²) < 4.78 is 68.6. The van der Waals surface area contributed by atoms with Crippen LogP contribution in [0.1, 0.15) is 16.7 Å². The lowest BCUT2D eigenvalue weighted by atomic mass is 9.99. The van der Waals surface area contributed by atoms with Gasteiger partial charge in [-0.15, -0.1) is 13.2 Å². The van der Waals surface area contributed by atoms with Crippen molar-refractivity contribution in [1.29, 1.82) is 5.26 Å². The predicted molar refractivity (Wildman–Crippen MR) is 107 cm³/mol. The molecule has 0 aliphatic rings. The molecule has 0 saturated heterocycles. The molecule has 0 amide bonds. The third-order valence-electron chi connectivity index (χ3n) is 4.14. The van der Waals surface area contributed by atoms with Gasteiger partial charge in [-0.25, -0.2) is 8.78 Å². The molecule has 0 fully saturated rings. The van der Waals surface area contributed by atoms with Crippen molar-refractivity contribution >= 4 is 11.8 Å². The van der Waals surface area contributed by atoms with Crippen LogP contribution in [0.3, 0.4) is 0 Å². The van der Waals surface area contributed by atoms with Crippen LogP contribution in [0.25, 0.3) is 11.1 Å². The molecule has 2 nitrogen and oxygen atoms in total. The molecule has 0 atom stereocenters. The van der Waals surface area contributed by atoms with Crippen LogP contribution >= 0.6 is 11.8 Å². The summed E-state index contributed by atoms with van der Waals surface area (Å²) in [6.07, 6.45) is -4.76. The van der Waals surface area contributed by atoms with E-state index in [1.165, 1.54) is 24.3 Å². The van der Waals surface area contributed by atoms with Crippen molar-refractivity contribution in [2.24, 2.45) is 0 Å². The standard InChI is InChI=1S/C23H12F5NOS/c1-14-10-17(18-11-20(24)22(31-13-29)21(25)12-18)7-6-16(14)5-2-15-3-8-19(9-4-15)30-23(26,27)28/h3-4,6-12H,1H3. The maximum atomic E-state index is 14.1. The molecule has 0 saturated carbocycles. The quantitative estimate of drug-likeness (QED) is 0.192. The molecule has 8 heteroatoms. The molecule has 0 heterocycles. The Labute approximate surface area is 179 Å². The minimum Gasteiger partial charge on any atom is -0.406 e. The number of halogens is 5. The number of thiocyanates is 1. The van der Waals surface area contributed by atoms with Gasteiger partial charge in [0.1, 0.15) is 22.8 Å². The fourth-order valence-electron chi connectivity index (χ4n) is 2.73. The SMILES string of the molecule is Cc1cc(-c2cc(F)c(SC#N)c(F)c2)ccc1C#Cc1ccc(OC(F)(F)F)cc1. The van der Waals surface area contributed by atoms with E-state index < -0.39 is 18.0 Å². The first-order chi connectivity index (χ1) is 14.7. The monoisotopic (exact) mass is 445 g/mol. The Bertz CT molecular complexity index is 1190. The second-order valence-corrected chi connectivity index (χ2v) is 7.11. The van der Waals surface area contributed by atoms with Crippen molar-refractivity contribution < 1.29 is 26.7 Å². The highest BCUT2D eigenvalue weighted by atomic mass is 32.2. The summed E-state index contributed by atoms with van der Waals surface area (Å²) in [6.45, 7) is 1.78. The van der Waals surface area contributed by atoms with Gasteiger partial charge in [-0.3, -0.25) is 0 Å². The van der Waals surface area contributed by atoms with Crippen LogP contribution in [0.15, 0.2) is 59.5 Å². The Morgan fingerprint density at radius 3 is 2.06 bits per heavy atom. The van der Waals surface area contributed by atoms with Crippen molar-refractivity contribution in [2.45, 2.75) is 18.2 Å². The average molecular weight is 445 g/mol. The zero-order valence-corrected chi connectivity index (χ0v) is 16.7. The summed E-state index contributed by atoms with van der Waals surface area (Å²) in [5.74, 6) is 3.80. The van der Waals surface area contributed by atoms with Crippen LogP contribution in [0.4, 0.5) is 22.0 Å². The first-order valence-electron chi connectivity index (χ1n) is 8.70. The molecule has 0 bridgehead atoms. The Kier molecular flexibility index (Phi) is 6.53. The first kappa shape index (κ1) is 22.2. The van der Waals surface area contributed by atoms with E-state index in [0.717, 1.165) is 17.7 Å². The van der Waals surface area contributed by atoms with E-state index >= 15 is 0 Å². The number of thioether (sulfide) groups is 1. The van der Waals surface area contributed by atoms with Gasteiger partial charge in [0.25, 0.3) is 0 Å². The molecule has 3 aromatic carbocycles. The third-order valence-corrected chi connectivity index (χ3v) is 4.82. The van der Waals surface area contributed by atoms with Crippen molar-refractivity contribution in [3.8, 4) is 34.1 Å². The van der Waals surface area contributed by atoms with Gasteiger partial charge >= 0.3 is 6.36 Å². The second-order valence-electron chi connectivity index (χ2n) is 6.31. The topological polar surface area (TPSA) is 33.0 Å². The molecule has 0 unspecified atom stereocenters. The lowest BCUT2D eigenvalue weighted by molar-refractivity contribution is -0.274. The van der Waals surface area contributed by atoms with Crippen molar-refractivity contribution in [2.75, 3.05) is 0 Å². The number of alkyl halides is 3. The summed E-state index contributed by atoms with van der Waals surface area (Å²) in [7, 11) is 0. The van der Waals surface area contributed by atoms with Crippen LogP contribution < -0.4 is 4.74 Å². The molecule has 31 heavy (non-hydrogen) atoms. The molecule has 3 aromatic rings. The maximum Gasteiger partial charge on any atom is 0.573 e. The lowest BCUT2D eigenvalue weighted by Gasteiger charge is -2.08. The Morgan fingerprint density at radius 1 is 0.871 bits per heavy atom. The van der Waals surface area contributed by atoms with E-state index in [1.807, 2.05) is 0 Å². The molecule has 0 spiro atoms. The molecule has 0 aromatic heterocycles. The van der Waals surface area contributed by atoms with Crippen LogP contribution in [0, 0.1) is 41.1 Å². The third kappa shape index (κ3) is 5.78. The summed E-state index contributed by atoms with van der Waals surface area (Å²) in [4.78, 5) is -0.350. The lowest BCUT2D eigenvalue weighted by Crippen LogP contribution is -2.16. The molecular formula is C23H12F5NOS. The smallest absolute Gasteiger partial charge is 0.406 e. The minimum atomic E-state index is -4.76. The summed E-state index contributed by atoms with van der Waals surface area (Å²) in [5, 5.41) is 10.3. The number of rotatable bonds is 3. The van der Waals surface area contributed by atoms with Crippen molar-refractivity contribution in [1.82, 2.24) is 0 Å². The van der Waals surface area contributed by atoms with E-state index in [9.17, 15) is 22.0 Å². The van der Waals surface area contributed by atoms with Crippen LogP contribution in [0.5, 0.6) is 5.75 Å². The molecule has 156 valence electrons. The van der Waals surface area contributed by atoms with Crippen molar-refractivity contribution in [3.63, 3.8) is 0 Å². The van der Waals surface area contributed by atoms with E-state index in [-0.39, 0.29) is 10.6 Å². The average Bonchev–Trinajstić information content (AvgIpc) is 2.69. The Balaban J connectivity index is 1.82. The van der Waals surface area contributed by atoms with Gasteiger partial charge in [0, 0.05) is 11.1 Å². The number of aryl methyl sites for hydroxylation is 1. The number of ether oxygens (including phenoxy) is 1. The molecule has 0 aliphatic carbocycles. The maximum absolute atomic E-state index is 14.1. The summed E-state index contributed by atoms with van der Waals surface area (Å²) >= 11 is 0.420. The Hall–Kier alpha value is -3.49. The Morgan fingerprint density at radius 2 is 1.52 bits per heavy atom. The van der Waals surface area contributed by atoms with Crippen LogP contribution in [-0.2, 0) is 0 Å². The van der Waals surface area contributed by atoms with Crippen molar-refractivity contribution in [3.05, 3.63) is 82.9 Å². The van der Waals surface area contributed by atoms with Gasteiger partial charge in [0.15, 0.2) is 0 Å². The van der Waals surface area contributed by atoms with E-state index in [2.05, 4.69) is 16.6 Å². The van der Waals surface area contributed by atoms with Gasteiger partial charge in [-0.05, 0) is 77.8 Å².